The number of rotatable bonds is 5. The number of aromatic amines is 1. The van der Waals surface area contributed by atoms with Crippen LogP contribution in [-0.2, 0) is 11.2 Å². The molecule has 1 saturated heterocycles. The number of ether oxygens (including phenoxy) is 1. The largest absolute Gasteiger partial charge is 0.496 e. The van der Waals surface area contributed by atoms with E-state index in [2.05, 4.69) is 15.0 Å². The Bertz CT molecular complexity index is 1280. The van der Waals surface area contributed by atoms with E-state index >= 15 is 0 Å². The van der Waals surface area contributed by atoms with Gasteiger partial charge in [-0.15, -0.1) is 0 Å². The van der Waals surface area contributed by atoms with Crippen LogP contribution in [0.15, 0.2) is 54.6 Å². The zero-order valence-corrected chi connectivity index (χ0v) is 17.7. The molecule has 1 N–H and O–H groups in total. The first-order valence-electron chi connectivity index (χ1n) is 10.6. The van der Waals surface area contributed by atoms with Crippen molar-refractivity contribution in [3.05, 3.63) is 66.1 Å². The Balaban J connectivity index is 1.33. The average molecular weight is 429 g/mol. The number of nitrogens with one attached hydrogen (secondary N) is 1. The Morgan fingerprint density at radius 3 is 2.56 bits per heavy atom. The third kappa shape index (κ3) is 3.64. The van der Waals surface area contributed by atoms with Crippen LogP contribution in [0.2, 0.25) is 0 Å². The lowest BCUT2D eigenvalue weighted by molar-refractivity contribution is -0.140. The van der Waals surface area contributed by atoms with E-state index in [1.165, 1.54) is 10.0 Å². The molecule has 8 nitrogen and oxygen atoms in total. The molecule has 0 aliphatic carbocycles. The second-order valence-electron chi connectivity index (χ2n) is 7.73. The van der Waals surface area contributed by atoms with Gasteiger partial charge in [-0.25, -0.2) is 15.0 Å². The molecule has 0 unspecified atom stereocenters. The van der Waals surface area contributed by atoms with E-state index in [4.69, 9.17) is 4.74 Å². The number of methoxy groups -OCH3 is 1. The molecular weight excluding hydrogens is 406 g/mol. The molecule has 2 aromatic carbocycles. The van der Waals surface area contributed by atoms with E-state index in [0.29, 0.717) is 30.8 Å². The van der Waals surface area contributed by atoms with Crippen LogP contribution < -0.4 is 4.74 Å². The van der Waals surface area contributed by atoms with Gasteiger partial charge in [-0.2, -0.15) is 0 Å². The molecule has 1 fully saturated rings. The molecule has 3 heterocycles. The maximum Gasteiger partial charge on any atom is 0.291 e. The Hall–Kier alpha value is -3.94. The number of imidazole rings is 1. The van der Waals surface area contributed by atoms with E-state index in [0.717, 1.165) is 28.7 Å². The van der Waals surface area contributed by atoms with Gasteiger partial charge in [0.05, 0.1) is 23.7 Å². The third-order valence-corrected chi connectivity index (χ3v) is 5.68. The van der Waals surface area contributed by atoms with Crippen LogP contribution in [0.4, 0.5) is 0 Å². The predicted octanol–water partition coefficient (Wildman–Crippen LogP) is 3.34. The number of para-hydroxylation sites is 3. The normalized spacial score (nSPS) is 13.8. The monoisotopic (exact) mass is 429 g/mol. The second kappa shape index (κ2) is 8.30. The Labute approximate surface area is 184 Å². The van der Waals surface area contributed by atoms with Crippen LogP contribution in [0.5, 0.6) is 5.75 Å². The number of hydrazine groups is 1. The van der Waals surface area contributed by atoms with Gasteiger partial charge in [-0.05, 0) is 30.7 Å². The summed E-state index contributed by atoms with van der Waals surface area (Å²) in [7, 11) is 1.57. The number of carbonyl (C=O) groups excluding carboxylic acids is 2. The van der Waals surface area contributed by atoms with Gasteiger partial charge in [0.15, 0.2) is 0 Å². The molecule has 0 bridgehead atoms. The highest BCUT2D eigenvalue weighted by Crippen LogP contribution is 2.26. The summed E-state index contributed by atoms with van der Waals surface area (Å²) in [5.74, 6) is 0.936. The van der Waals surface area contributed by atoms with Gasteiger partial charge >= 0.3 is 0 Å². The highest BCUT2D eigenvalue weighted by molar-refractivity contribution is 5.98. The number of nitrogens with zero attached hydrogens (tertiary/aromatic N) is 4. The molecule has 0 radical (unpaired) electrons. The second-order valence-corrected chi connectivity index (χ2v) is 7.73. The lowest BCUT2D eigenvalue weighted by Crippen LogP contribution is -2.45. The summed E-state index contributed by atoms with van der Waals surface area (Å²) in [5.41, 5.74) is 2.77. The minimum atomic E-state index is -0.302. The smallest absolute Gasteiger partial charge is 0.291 e. The van der Waals surface area contributed by atoms with E-state index in [-0.39, 0.29) is 23.9 Å². The molecule has 1 aliphatic heterocycles. The summed E-state index contributed by atoms with van der Waals surface area (Å²) in [4.78, 5) is 38.5. The topological polar surface area (TPSA) is 91.4 Å². The molecule has 0 atom stereocenters. The molecular formula is C24H23N5O3. The minimum Gasteiger partial charge on any atom is -0.496 e. The molecule has 2 amide bonds. The van der Waals surface area contributed by atoms with Crippen LogP contribution >= 0.6 is 0 Å². The highest BCUT2D eigenvalue weighted by atomic mass is 16.5. The summed E-state index contributed by atoms with van der Waals surface area (Å²) >= 11 is 0. The number of fused-ring (bicyclic) bond motifs is 2. The van der Waals surface area contributed by atoms with Crippen molar-refractivity contribution in [2.45, 2.75) is 19.3 Å². The fourth-order valence-electron chi connectivity index (χ4n) is 4.11. The molecule has 1 aliphatic rings. The molecule has 0 spiro atoms. The van der Waals surface area contributed by atoms with Crippen molar-refractivity contribution < 1.29 is 14.3 Å². The van der Waals surface area contributed by atoms with E-state index < -0.39 is 0 Å². The fraction of sp³-hybridized carbons (Fsp3) is 0.250. The zero-order valence-electron chi connectivity index (χ0n) is 17.7. The number of benzene rings is 2. The predicted molar refractivity (Wildman–Crippen MR) is 120 cm³/mol. The quantitative estimate of drug-likeness (QED) is 0.525. The highest BCUT2D eigenvalue weighted by Gasteiger charge is 2.32. The molecule has 5 rings (SSSR count). The summed E-state index contributed by atoms with van der Waals surface area (Å²) in [6, 6.07) is 16.9. The number of carbonyl (C=O) groups is 2. The SMILES string of the molecule is COc1cc(C(=O)N2CCCN2C(=O)CCc2nc3ccccc3[nH]2)nc2ccccc12. The van der Waals surface area contributed by atoms with Crippen LogP contribution in [-0.4, -0.2) is 57.0 Å². The lowest BCUT2D eigenvalue weighted by Gasteiger charge is -2.27. The molecule has 0 saturated carbocycles. The molecule has 2 aromatic heterocycles. The zero-order chi connectivity index (χ0) is 22.1. The lowest BCUT2D eigenvalue weighted by atomic mass is 10.1. The first kappa shape index (κ1) is 20.0. The van der Waals surface area contributed by atoms with Crippen LogP contribution in [0.25, 0.3) is 21.9 Å². The summed E-state index contributed by atoms with van der Waals surface area (Å²) in [6.07, 6.45) is 1.47. The average Bonchev–Trinajstić information content (AvgIpc) is 3.48. The van der Waals surface area contributed by atoms with Crippen molar-refractivity contribution in [3.8, 4) is 5.75 Å². The third-order valence-electron chi connectivity index (χ3n) is 5.68. The van der Waals surface area contributed by atoms with Crippen molar-refractivity contribution >= 4 is 33.8 Å². The molecule has 8 heteroatoms. The minimum absolute atomic E-state index is 0.107. The van der Waals surface area contributed by atoms with Gasteiger partial charge in [0.25, 0.3) is 5.91 Å². The first-order chi connectivity index (χ1) is 15.6. The number of hydrogen-bond acceptors (Lipinski definition) is 5. The fourth-order valence-corrected chi connectivity index (χ4v) is 4.11. The standard InChI is InChI=1S/C24H23N5O3/c1-32-21-15-20(25-17-8-3-2-7-16(17)21)24(31)29-14-6-13-28(29)23(30)12-11-22-26-18-9-4-5-10-19(18)27-22/h2-5,7-10,15H,6,11-14H2,1H3,(H,26,27). The molecule has 162 valence electrons. The van der Waals surface area contributed by atoms with Gasteiger partial charge in [0.1, 0.15) is 17.3 Å². The number of aromatic nitrogens is 3. The number of hydrogen-bond donors (Lipinski definition) is 1. The number of pyridine rings is 1. The maximum atomic E-state index is 13.3. The Morgan fingerprint density at radius 2 is 1.75 bits per heavy atom. The summed E-state index contributed by atoms with van der Waals surface area (Å²) < 4.78 is 5.47. The van der Waals surface area contributed by atoms with Gasteiger partial charge in [-0.1, -0.05) is 24.3 Å². The maximum absolute atomic E-state index is 13.3. The van der Waals surface area contributed by atoms with Crippen molar-refractivity contribution in [3.63, 3.8) is 0 Å². The molecule has 4 aromatic rings. The van der Waals surface area contributed by atoms with Gasteiger partial charge in [-0.3, -0.25) is 14.6 Å². The van der Waals surface area contributed by atoms with Crippen molar-refractivity contribution in [1.29, 1.82) is 0 Å². The van der Waals surface area contributed by atoms with E-state index in [1.807, 2.05) is 48.5 Å². The van der Waals surface area contributed by atoms with E-state index in [9.17, 15) is 9.59 Å². The molecule has 32 heavy (non-hydrogen) atoms. The van der Waals surface area contributed by atoms with Gasteiger partial charge in [0.2, 0.25) is 5.91 Å². The van der Waals surface area contributed by atoms with Gasteiger partial charge in [0, 0.05) is 37.4 Å². The van der Waals surface area contributed by atoms with Crippen molar-refractivity contribution in [1.82, 2.24) is 25.0 Å². The number of amides is 2. The van der Waals surface area contributed by atoms with Crippen molar-refractivity contribution in [2.75, 3.05) is 20.2 Å². The van der Waals surface area contributed by atoms with Crippen LogP contribution in [0, 0.1) is 0 Å². The Morgan fingerprint density at radius 1 is 1.00 bits per heavy atom. The van der Waals surface area contributed by atoms with Gasteiger partial charge < -0.3 is 9.72 Å². The number of aryl methyl sites for hydroxylation is 1. The van der Waals surface area contributed by atoms with Crippen molar-refractivity contribution in [2.24, 2.45) is 0 Å². The number of H-pyrrole nitrogens is 1. The van der Waals surface area contributed by atoms with E-state index in [1.54, 1.807) is 13.2 Å². The van der Waals surface area contributed by atoms with Crippen LogP contribution in [0.3, 0.4) is 0 Å². The van der Waals surface area contributed by atoms with Crippen LogP contribution in [0.1, 0.15) is 29.2 Å². The Kier molecular flexibility index (Phi) is 5.18. The first-order valence-corrected chi connectivity index (χ1v) is 10.6. The summed E-state index contributed by atoms with van der Waals surface area (Å²) in [5, 5.41) is 3.87. The summed E-state index contributed by atoms with van der Waals surface area (Å²) in [6.45, 7) is 0.988.